The molecule has 27 heavy (non-hydrogen) atoms. The number of benzene rings is 1. The van der Waals surface area contributed by atoms with E-state index in [4.69, 9.17) is 21.1 Å². The van der Waals surface area contributed by atoms with Gasteiger partial charge in [0.2, 0.25) is 11.8 Å². The largest absolute Gasteiger partial charge is 0.534 e. The van der Waals surface area contributed by atoms with Gasteiger partial charge in [-0.1, -0.05) is 41.9 Å². The van der Waals surface area contributed by atoms with Crippen LogP contribution in [0.1, 0.15) is 12.0 Å². The number of nitrogens with zero attached hydrogens (tertiary/aromatic N) is 1. The van der Waals surface area contributed by atoms with Crippen LogP contribution in [0.25, 0.3) is 0 Å². The fourth-order valence-electron chi connectivity index (χ4n) is 1.81. The minimum atomic E-state index is -5.82. The van der Waals surface area contributed by atoms with E-state index in [0.717, 1.165) is 17.7 Å². The fraction of sp³-hybridized carbons (Fsp3) is 0.312. The molecule has 0 saturated heterocycles. The average molecular weight is 426 g/mol. The normalized spacial score (nSPS) is 12.0. The third-order valence-electron chi connectivity index (χ3n) is 3.05. The van der Waals surface area contributed by atoms with Crippen molar-refractivity contribution in [3.63, 3.8) is 0 Å². The van der Waals surface area contributed by atoms with Crippen LogP contribution in [0.15, 0.2) is 42.5 Å². The summed E-state index contributed by atoms with van der Waals surface area (Å²) in [6.07, 6.45) is 0.455. The Morgan fingerprint density at radius 2 is 1.74 bits per heavy atom. The van der Waals surface area contributed by atoms with Gasteiger partial charge in [-0.05, 0) is 11.6 Å². The minimum absolute atomic E-state index is 0.00281. The van der Waals surface area contributed by atoms with E-state index in [1.807, 2.05) is 30.3 Å². The van der Waals surface area contributed by atoms with Crippen molar-refractivity contribution in [1.82, 2.24) is 4.98 Å². The van der Waals surface area contributed by atoms with Crippen LogP contribution in [-0.2, 0) is 21.5 Å². The highest BCUT2D eigenvalue weighted by Crippen LogP contribution is 2.29. The van der Waals surface area contributed by atoms with Crippen LogP contribution in [0, 0.1) is 0 Å². The van der Waals surface area contributed by atoms with Gasteiger partial charge in [-0.2, -0.15) is 26.6 Å². The van der Waals surface area contributed by atoms with Crippen molar-refractivity contribution in [2.75, 3.05) is 13.2 Å². The second-order valence-corrected chi connectivity index (χ2v) is 7.10. The molecule has 1 heterocycles. The van der Waals surface area contributed by atoms with Gasteiger partial charge in [0.1, 0.15) is 5.02 Å². The zero-order valence-electron chi connectivity index (χ0n) is 13.8. The van der Waals surface area contributed by atoms with Crippen molar-refractivity contribution in [2.45, 2.75) is 18.5 Å². The summed E-state index contributed by atoms with van der Waals surface area (Å²) in [6, 6.07) is 11.5. The van der Waals surface area contributed by atoms with Gasteiger partial charge in [0.15, 0.2) is 0 Å². The van der Waals surface area contributed by atoms with Crippen LogP contribution >= 0.6 is 11.6 Å². The molecule has 0 saturated carbocycles. The van der Waals surface area contributed by atoms with Gasteiger partial charge < -0.3 is 13.7 Å². The average Bonchev–Trinajstić information content (AvgIpc) is 2.60. The Morgan fingerprint density at radius 1 is 1.04 bits per heavy atom. The number of aromatic nitrogens is 1. The molecule has 0 fully saturated rings. The molecule has 1 aromatic heterocycles. The van der Waals surface area contributed by atoms with Crippen LogP contribution in [0.3, 0.4) is 0 Å². The standard InChI is InChI=1S/C16H15ClF3NO5S/c17-13-7-8-14(26-27(22,23)16(18,19)20)21-15(13)25-10-4-9-24-11-12-5-2-1-3-6-12/h1-3,5-8H,4,9-11H2. The molecule has 0 bridgehead atoms. The number of hydrogen-bond donors (Lipinski definition) is 0. The van der Waals surface area contributed by atoms with Crippen LogP contribution in [0.4, 0.5) is 13.2 Å². The first-order valence-corrected chi connectivity index (χ1v) is 9.39. The summed E-state index contributed by atoms with van der Waals surface area (Å²) in [5.74, 6) is -1.04. The molecule has 0 aliphatic heterocycles. The lowest BCUT2D eigenvalue weighted by molar-refractivity contribution is -0.0501. The van der Waals surface area contributed by atoms with Crippen LogP contribution in [0.5, 0.6) is 11.8 Å². The van der Waals surface area contributed by atoms with Gasteiger partial charge in [0.05, 0.1) is 19.8 Å². The van der Waals surface area contributed by atoms with Crippen molar-refractivity contribution < 1.29 is 35.2 Å². The predicted molar refractivity (Wildman–Crippen MR) is 91.1 cm³/mol. The van der Waals surface area contributed by atoms with E-state index < -0.39 is 21.5 Å². The number of rotatable bonds is 9. The predicted octanol–water partition coefficient (Wildman–Crippen LogP) is 3.95. The summed E-state index contributed by atoms with van der Waals surface area (Å²) in [4.78, 5) is 3.54. The number of ether oxygens (including phenoxy) is 2. The molecule has 2 rings (SSSR count). The maximum Gasteiger partial charge on any atom is 0.534 e. The molecule has 2 aromatic rings. The molecular formula is C16H15ClF3NO5S. The van der Waals surface area contributed by atoms with E-state index in [-0.39, 0.29) is 17.5 Å². The Labute approximate surface area is 159 Å². The highest BCUT2D eigenvalue weighted by atomic mass is 35.5. The Bertz CT molecular complexity index is 847. The molecule has 0 aliphatic rings. The van der Waals surface area contributed by atoms with Gasteiger partial charge in [0.25, 0.3) is 0 Å². The summed E-state index contributed by atoms with van der Waals surface area (Å²) >= 11 is 5.83. The second kappa shape index (κ2) is 9.25. The van der Waals surface area contributed by atoms with Crippen LogP contribution in [0.2, 0.25) is 5.02 Å². The molecule has 11 heteroatoms. The summed E-state index contributed by atoms with van der Waals surface area (Å²) < 4.78 is 73.6. The Kier molecular flexibility index (Phi) is 7.28. The van der Waals surface area contributed by atoms with Crippen molar-refractivity contribution in [1.29, 1.82) is 0 Å². The summed E-state index contributed by atoms with van der Waals surface area (Å²) in [5, 5.41) is -0.00281. The van der Waals surface area contributed by atoms with Crippen LogP contribution < -0.4 is 8.92 Å². The molecule has 0 N–H and O–H groups in total. The summed E-state index contributed by atoms with van der Waals surface area (Å²) in [5.41, 5.74) is -4.55. The highest BCUT2D eigenvalue weighted by Gasteiger charge is 2.48. The quantitative estimate of drug-likeness (QED) is 0.344. The maximum atomic E-state index is 12.3. The van der Waals surface area contributed by atoms with Crippen molar-refractivity contribution in [2.24, 2.45) is 0 Å². The zero-order valence-corrected chi connectivity index (χ0v) is 15.4. The molecule has 0 atom stereocenters. The summed E-state index contributed by atoms with van der Waals surface area (Å²) in [6.45, 7) is 0.903. The third-order valence-corrected chi connectivity index (χ3v) is 4.29. The molecule has 0 radical (unpaired) electrons. The summed E-state index contributed by atoms with van der Waals surface area (Å²) in [7, 11) is -5.82. The first-order chi connectivity index (χ1) is 12.7. The van der Waals surface area contributed by atoms with E-state index in [1.54, 1.807) is 0 Å². The fourth-order valence-corrected chi connectivity index (χ4v) is 2.38. The first-order valence-electron chi connectivity index (χ1n) is 7.61. The van der Waals surface area contributed by atoms with Gasteiger partial charge in [0, 0.05) is 12.5 Å². The SMILES string of the molecule is O=S(=O)(Oc1ccc(Cl)c(OCCCOCc2ccccc2)n1)C(F)(F)F. The van der Waals surface area contributed by atoms with Gasteiger partial charge in [-0.15, -0.1) is 0 Å². The molecule has 0 unspecified atom stereocenters. The van der Waals surface area contributed by atoms with Crippen molar-refractivity contribution in [3.05, 3.63) is 53.1 Å². The number of hydrogen-bond acceptors (Lipinski definition) is 6. The van der Waals surface area contributed by atoms with E-state index >= 15 is 0 Å². The Hall–Kier alpha value is -2.04. The van der Waals surface area contributed by atoms with Gasteiger partial charge in [-0.25, -0.2) is 0 Å². The molecular weight excluding hydrogens is 411 g/mol. The van der Waals surface area contributed by atoms with Crippen LogP contribution in [-0.4, -0.2) is 32.1 Å². The van der Waals surface area contributed by atoms with Gasteiger partial charge in [-0.3, -0.25) is 0 Å². The Morgan fingerprint density at radius 3 is 2.41 bits per heavy atom. The van der Waals surface area contributed by atoms with Gasteiger partial charge >= 0.3 is 15.6 Å². The third kappa shape index (κ3) is 6.56. The van der Waals surface area contributed by atoms with E-state index in [2.05, 4.69) is 9.17 Å². The molecule has 148 valence electrons. The minimum Gasteiger partial charge on any atom is -0.476 e. The molecule has 0 aliphatic carbocycles. The zero-order chi connectivity index (χ0) is 19.9. The first kappa shape index (κ1) is 21.3. The number of alkyl halides is 3. The number of halogens is 4. The lowest BCUT2D eigenvalue weighted by Crippen LogP contribution is -2.28. The molecule has 0 spiro atoms. The van der Waals surface area contributed by atoms with Crippen molar-refractivity contribution >= 4 is 21.7 Å². The lowest BCUT2D eigenvalue weighted by Gasteiger charge is -2.11. The highest BCUT2D eigenvalue weighted by molar-refractivity contribution is 7.87. The monoisotopic (exact) mass is 425 g/mol. The maximum absolute atomic E-state index is 12.3. The molecule has 6 nitrogen and oxygen atoms in total. The van der Waals surface area contributed by atoms with E-state index in [1.165, 1.54) is 0 Å². The van der Waals surface area contributed by atoms with E-state index in [0.29, 0.717) is 19.6 Å². The molecule has 0 amide bonds. The Balaban J connectivity index is 1.82. The van der Waals surface area contributed by atoms with Crippen molar-refractivity contribution in [3.8, 4) is 11.8 Å². The van der Waals surface area contributed by atoms with E-state index in [9.17, 15) is 21.6 Å². The second-order valence-electron chi connectivity index (χ2n) is 5.16. The lowest BCUT2D eigenvalue weighted by atomic mass is 10.2. The smallest absolute Gasteiger partial charge is 0.476 e. The number of pyridine rings is 1. The molecule has 1 aromatic carbocycles. The topological polar surface area (TPSA) is 74.7 Å².